The van der Waals surface area contributed by atoms with Gasteiger partial charge in [-0.15, -0.1) is 0 Å². The quantitative estimate of drug-likeness (QED) is 0.605. The first-order valence-electron chi connectivity index (χ1n) is 6.49. The van der Waals surface area contributed by atoms with Gasteiger partial charge in [0.25, 0.3) is 0 Å². The van der Waals surface area contributed by atoms with Gasteiger partial charge in [0.2, 0.25) is 11.9 Å². The molecule has 5 N–H and O–H groups in total. The van der Waals surface area contributed by atoms with E-state index >= 15 is 0 Å². The minimum absolute atomic E-state index is 0.166. The normalized spacial score (nSPS) is 18.4. The van der Waals surface area contributed by atoms with Crippen LogP contribution in [0.5, 0.6) is 0 Å². The highest BCUT2D eigenvalue weighted by atomic mass is 16.3. The zero-order valence-corrected chi connectivity index (χ0v) is 11.0. The van der Waals surface area contributed by atoms with Crippen molar-refractivity contribution in [2.75, 3.05) is 50.8 Å². The molecule has 0 unspecified atom stereocenters. The molecule has 0 aliphatic carbocycles. The third-order valence-electron chi connectivity index (χ3n) is 3.18. The molecule has 1 aliphatic rings. The number of hydrogen-bond donors (Lipinski definition) is 3. The summed E-state index contributed by atoms with van der Waals surface area (Å²) in [7, 11) is 0. The second-order valence-corrected chi connectivity index (χ2v) is 4.66. The summed E-state index contributed by atoms with van der Waals surface area (Å²) in [5.74, 6) is 0.944. The highest BCUT2D eigenvalue weighted by molar-refractivity contribution is 5.25. The molecule has 0 saturated carbocycles. The van der Waals surface area contributed by atoms with Crippen LogP contribution in [-0.2, 0) is 6.54 Å². The smallest absolute Gasteiger partial charge is 0.225 e. The van der Waals surface area contributed by atoms with Gasteiger partial charge < -0.3 is 16.6 Å². The molecule has 1 aromatic rings. The standard InChI is InChI=1S/C11H21N7O/c12-10-14-9(15-11(13)16-10)8-18-3-1-2-17(4-5-18)6-7-19/h19H,1-8H2,(H4,12,13,14,15,16). The minimum atomic E-state index is 0.166. The highest BCUT2D eigenvalue weighted by Crippen LogP contribution is 2.07. The Morgan fingerprint density at radius 2 is 1.58 bits per heavy atom. The van der Waals surface area contributed by atoms with Crippen molar-refractivity contribution in [2.45, 2.75) is 13.0 Å². The Balaban J connectivity index is 1.92. The van der Waals surface area contributed by atoms with Crippen molar-refractivity contribution in [3.05, 3.63) is 5.82 Å². The zero-order chi connectivity index (χ0) is 13.7. The van der Waals surface area contributed by atoms with Crippen LogP contribution in [0.3, 0.4) is 0 Å². The Morgan fingerprint density at radius 1 is 0.947 bits per heavy atom. The Hall–Kier alpha value is -1.51. The number of aromatic nitrogens is 3. The predicted molar refractivity (Wildman–Crippen MR) is 72.1 cm³/mol. The molecule has 0 bridgehead atoms. The van der Waals surface area contributed by atoms with Crippen LogP contribution in [0, 0.1) is 0 Å². The van der Waals surface area contributed by atoms with Gasteiger partial charge in [-0.3, -0.25) is 9.80 Å². The fourth-order valence-corrected chi connectivity index (χ4v) is 2.28. The fourth-order valence-electron chi connectivity index (χ4n) is 2.28. The van der Waals surface area contributed by atoms with E-state index in [0.29, 0.717) is 12.4 Å². The number of nitrogens with zero attached hydrogens (tertiary/aromatic N) is 5. The van der Waals surface area contributed by atoms with E-state index in [1.165, 1.54) is 0 Å². The summed E-state index contributed by atoms with van der Waals surface area (Å²) in [6.45, 7) is 5.43. The van der Waals surface area contributed by atoms with Crippen LogP contribution in [-0.4, -0.2) is 69.2 Å². The van der Waals surface area contributed by atoms with Crippen molar-refractivity contribution in [3.63, 3.8) is 0 Å². The molecular formula is C11H21N7O. The Kier molecular flexibility index (Phi) is 4.83. The molecule has 8 heteroatoms. The molecular weight excluding hydrogens is 246 g/mol. The van der Waals surface area contributed by atoms with Crippen molar-refractivity contribution in [2.24, 2.45) is 0 Å². The SMILES string of the molecule is Nc1nc(N)nc(CN2CCCN(CCO)CC2)n1. The zero-order valence-electron chi connectivity index (χ0n) is 11.0. The van der Waals surface area contributed by atoms with Gasteiger partial charge in [-0.2, -0.15) is 15.0 Å². The number of hydrogen-bond acceptors (Lipinski definition) is 8. The molecule has 8 nitrogen and oxygen atoms in total. The van der Waals surface area contributed by atoms with Crippen molar-refractivity contribution in [1.29, 1.82) is 0 Å². The van der Waals surface area contributed by atoms with Gasteiger partial charge >= 0.3 is 0 Å². The second kappa shape index (κ2) is 6.60. The number of nitrogen functional groups attached to an aromatic ring is 2. The first kappa shape index (κ1) is 13.9. The van der Waals surface area contributed by atoms with E-state index < -0.39 is 0 Å². The maximum absolute atomic E-state index is 8.96. The predicted octanol–water partition coefficient (Wildman–Crippen LogP) is -1.46. The van der Waals surface area contributed by atoms with Gasteiger partial charge in [0, 0.05) is 19.6 Å². The summed E-state index contributed by atoms with van der Waals surface area (Å²) in [4.78, 5) is 16.5. The average Bonchev–Trinajstić information content (AvgIpc) is 2.54. The molecule has 1 fully saturated rings. The number of aliphatic hydroxyl groups is 1. The van der Waals surface area contributed by atoms with Crippen molar-refractivity contribution in [1.82, 2.24) is 24.8 Å². The van der Waals surface area contributed by atoms with E-state index in [9.17, 15) is 0 Å². The van der Waals surface area contributed by atoms with Gasteiger partial charge in [-0.25, -0.2) is 0 Å². The molecule has 1 aromatic heterocycles. The maximum Gasteiger partial charge on any atom is 0.225 e. The second-order valence-electron chi connectivity index (χ2n) is 4.66. The number of aliphatic hydroxyl groups excluding tert-OH is 1. The number of β-amino-alcohol motifs (C(OH)–C–C–N with tert-alkyl or cyclic N) is 1. The summed E-state index contributed by atoms with van der Waals surface area (Å²) >= 11 is 0. The van der Waals surface area contributed by atoms with E-state index in [-0.39, 0.29) is 18.5 Å². The number of anilines is 2. The fraction of sp³-hybridized carbons (Fsp3) is 0.727. The van der Waals surface area contributed by atoms with Gasteiger partial charge in [0.1, 0.15) is 5.82 Å². The molecule has 0 spiro atoms. The molecule has 0 radical (unpaired) electrons. The van der Waals surface area contributed by atoms with E-state index in [4.69, 9.17) is 16.6 Å². The molecule has 0 amide bonds. The average molecular weight is 267 g/mol. The first-order chi connectivity index (χ1) is 9.17. The van der Waals surface area contributed by atoms with Crippen LogP contribution in [0.25, 0.3) is 0 Å². The largest absolute Gasteiger partial charge is 0.395 e. The summed E-state index contributed by atoms with van der Waals surface area (Å²) < 4.78 is 0. The van der Waals surface area contributed by atoms with Crippen molar-refractivity contribution >= 4 is 11.9 Å². The highest BCUT2D eigenvalue weighted by Gasteiger charge is 2.15. The lowest BCUT2D eigenvalue weighted by Gasteiger charge is -2.20. The van der Waals surface area contributed by atoms with Gasteiger partial charge in [-0.05, 0) is 19.5 Å². The lowest BCUT2D eigenvalue weighted by molar-refractivity contribution is 0.195. The van der Waals surface area contributed by atoms with Crippen LogP contribution < -0.4 is 11.5 Å². The van der Waals surface area contributed by atoms with Crippen LogP contribution >= 0.6 is 0 Å². The Morgan fingerprint density at radius 3 is 2.26 bits per heavy atom. The van der Waals surface area contributed by atoms with Crippen LogP contribution in [0.1, 0.15) is 12.2 Å². The van der Waals surface area contributed by atoms with Crippen LogP contribution in [0.4, 0.5) is 11.9 Å². The van der Waals surface area contributed by atoms with Crippen molar-refractivity contribution < 1.29 is 5.11 Å². The third kappa shape index (κ3) is 4.27. The summed E-state index contributed by atoms with van der Waals surface area (Å²) in [6, 6.07) is 0. The van der Waals surface area contributed by atoms with Crippen LogP contribution in [0.15, 0.2) is 0 Å². The summed E-state index contributed by atoms with van der Waals surface area (Å²) in [5.41, 5.74) is 11.1. The van der Waals surface area contributed by atoms with Gasteiger partial charge in [0.05, 0.1) is 13.2 Å². The summed E-state index contributed by atoms with van der Waals surface area (Å²) in [5, 5.41) is 8.96. The van der Waals surface area contributed by atoms with Gasteiger partial charge in [-0.1, -0.05) is 0 Å². The van der Waals surface area contributed by atoms with E-state index in [2.05, 4.69) is 24.8 Å². The Bertz CT molecular complexity index is 394. The van der Waals surface area contributed by atoms with E-state index in [0.717, 1.165) is 39.1 Å². The number of nitrogens with two attached hydrogens (primary N) is 2. The molecule has 2 rings (SSSR count). The topological polar surface area (TPSA) is 117 Å². The minimum Gasteiger partial charge on any atom is -0.395 e. The molecule has 1 saturated heterocycles. The first-order valence-corrected chi connectivity index (χ1v) is 6.49. The summed E-state index contributed by atoms with van der Waals surface area (Å²) in [6.07, 6.45) is 1.07. The molecule has 1 aliphatic heterocycles. The van der Waals surface area contributed by atoms with E-state index in [1.54, 1.807) is 0 Å². The molecule has 106 valence electrons. The number of rotatable bonds is 4. The monoisotopic (exact) mass is 267 g/mol. The molecule has 2 heterocycles. The molecule has 0 aromatic carbocycles. The molecule has 0 atom stereocenters. The van der Waals surface area contributed by atoms with Crippen LogP contribution in [0.2, 0.25) is 0 Å². The van der Waals surface area contributed by atoms with Crippen molar-refractivity contribution in [3.8, 4) is 0 Å². The molecule has 19 heavy (non-hydrogen) atoms. The van der Waals surface area contributed by atoms with Gasteiger partial charge in [0.15, 0.2) is 0 Å². The maximum atomic E-state index is 8.96. The van der Waals surface area contributed by atoms with E-state index in [1.807, 2.05) is 0 Å². The lowest BCUT2D eigenvalue weighted by atomic mass is 10.3. The third-order valence-corrected chi connectivity index (χ3v) is 3.18. The Labute approximate surface area is 112 Å². The lowest BCUT2D eigenvalue weighted by Crippen LogP contribution is -2.32.